The summed E-state index contributed by atoms with van der Waals surface area (Å²) in [7, 11) is 0. The summed E-state index contributed by atoms with van der Waals surface area (Å²) in [5.74, 6) is 0.145. The topological polar surface area (TPSA) is 17.9 Å². The van der Waals surface area contributed by atoms with Gasteiger partial charge in [0.1, 0.15) is 0 Å². The van der Waals surface area contributed by atoms with Crippen LogP contribution in [0.25, 0.3) is 38.6 Å². The van der Waals surface area contributed by atoms with E-state index in [0.29, 0.717) is 0 Å². The fourth-order valence-corrected chi connectivity index (χ4v) is 15.0. The normalized spacial score (nSPS) is 16.4. The third-order valence-corrected chi connectivity index (χ3v) is 18.5. The van der Waals surface area contributed by atoms with Crippen LogP contribution in [-0.2, 0) is 5.41 Å². The molecule has 0 bridgehead atoms. The fraction of sp³-hybridized carbons (Fsp3) is 0.0500. The van der Waals surface area contributed by atoms with E-state index in [1.165, 1.54) is 72.1 Å². The summed E-state index contributed by atoms with van der Waals surface area (Å²) in [6, 6.07) is 110. The van der Waals surface area contributed by atoms with Gasteiger partial charge in [-0.2, -0.15) is 0 Å². The molecule has 85 heavy (non-hydrogen) atoms. The van der Waals surface area contributed by atoms with Crippen LogP contribution in [0, 0.1) is 0 Å². The highest BCUT2D eigenvalue weighted by Crippen LogP contribution is 2.65. The van der Waals surface area contributed by atoms with Gasteiger partial charge in [-0.1, -0.05) is 182 Å². The second kappa shape index (κ2) is 19.1. The van der Waals surface area contributed by atoms with Crippen LogP contribution in [-0.4, -0.2) is 10.1 Å². The quantitative estimate of drug-likeness (QED) is 0.143. The number of hydrogen-bond donors (Lipinski definition) is 0. The lowest BCUT2D eigenvalue weighted by Crippen LogP contribution is -2.41. The molecule has 1 aromatic heterocycles. The average molecular weight is 1090 g/mol. The van der Waals surface area contributed by atoms with E-state index in [9.17, 15) is 0 Å². The third-order valence-electron chi connectivity index (χ3n) is 18.5. The molecule has 5 heteroatoms. The minimum absolute atomic E-state index is 0.145. The van der Waals surface area contributed by atoms with Gasteiger partial charge >= 0.3 is 0 Å². The van der Waals surface area contributed by atoms with E-state index in [1.54, 1.807) is 0 Å². The van der Waals surface area contributed by atoms with Crippen molar-refractivity contribution in [1.82, 2.24) is 4.57 Å². The van der Waals surface area contributed by atoms with Gasteiger partial charge in [0.05, 0.1) is 33.4 Å². The molecule has 3 heterocycles. The Morgan fingerprint density at radius 3 is 1.42 bits per heavy atom. The van der Waals surface area contributed by atoms with Gasteiger partial charge in [-0.3, -0.25) is 0 Å². The molecule has 0 N–H and O–H groups in total. The standard InChI is InChI=1S/C80H57N5/c1-79-50-24-23-36-69(79)68-52-61(45-49-76(68)85(79)59-33-15-6-16-34-59)82(56-27-9-3-10-28-56)63-43-47-65-64-46-42-62(53-72(64)80(73(65)54-63)70-37-18-21-40-77(70)84(58-31-13-5-14-32-58)78-41-22-19-38-71(78)80)81(55-25-7-2-8-26-55)60-44-48-75-67(51-60)66-35-17-20-39-74(66)83(75)57-29-11-4-12-30-57/h2-54,69H,1H3. The molecule has 402 valence electrons. The van der Waals surface area contributed by atoms with Crippen LogP contribution >= 0.6 is 0 Å². The Hall–Kier alpha value is -10.9. The van der Waals surface area contributed by atoms with Gasteiger partial charge in [-0.25, -0.2) is 0 Å². The first kappa shape index (κ1) is 48.8. The van der Waals surface area contributed by atoms with Crippen molar-refractivity contribution < 1.29 is 0 Å². The third kappa shape index (κ3) is 7.23. The lowest BCUT2D eigenvalue weighted by Gasteiger charge is -2.45. The van der Waals surface area contributed by atoms with Gasteiger partial charge < -0.3 is 24.2 Å². The lowest BCUT2D eigenvalue weighted by molar-refractivity contribution is 0.542. The molecule has 12 aromatic carbocycles. The van der Waals surface area contributed by atoms with E-state index in [0.717, 1.165) is 56.9 Å². The van der Waals surface area contributed by atoms with Gasteiger partial charge in [-0.05, 0) is 185 Å². The zero-order valence-electron chi connectivity index (χ0n) is 46.9. The zero-order chi connectivity index (χ0) is 56.2. The summed E-state index contributed by atoms with van der Waals surface area (Å²) in [6.07, 6.45) is 9.20. The number of para-hydroxylation sites is 8. The number of aromatic nitrogens is 1. The van der Waals surface area contributed by atoms with Crippen molar-refractivity contribution in [2.45, 2.75) is 23.8 Å². The molecule has 0 fully saturated rings. The van der Waals surface area contributed by atoms with Crippen molar-refractivity contribution in [3.05, 3.63) is 349 Å². The van der Waals surface area contributed by atoms with Gasteiger partial charge in [0.15, 0.2) is 0 Å². The molecule has 13 aromatic rings. The number of allylic oxidation sites excluding steroid dienone is 2. The van der Waals surface area contributed by atoms with Gasteiger partial charge in [-0.15, -0.1) is 0 Å². The SMILES string of the molecule is CC12C=CC=CC1c1cc(N(c3ccccc3)c3ccc4c(c3)C3(c5cc(N(c6ccccc6)c6ccc7c(c6)c6ccccc6n7-c6ccccc6)ccc5-4)c4ccccc4N(c4ccccc4)c4ccccc43)ccc1N2c1ccccc1. The van der Waals surface area contributed by atoms with Crippen LogP contribution in [0.15, 0.2) is 322 Å². The molecule has 0 saturated carbocycles. The summed E-state index contributed by atoms with van der Waals surface area (Å²) in [6.45, 7) is 2.38. The van der Waals surface area contributed by atoms with Crippen molar-refractivity contribution >= 4 is 84.4 Å². The number of benzene rings is 12. The average Bonchev–Trinajstić information content (AvgIpc) is 1.65. The van der Waals surface area contributed by atoms with Gasteiger partial charge in [0, 0.05) is 73.6 Å². The maximum absolute atomic E-state index is 2.53. The summed E-state index contributed by atoms with van der Waals surface area (Å²) < 4.78 is 2.40. The summed E-state index contributed by atoms with van der Waals surface area (Å²) in [5, 5.41) is 2.42. The summed E-state index contributed by atoms with van der Waals surface area (Å²) in [5.41, 5.74) is 23.5. The lowest BCUT2D eigenvalue weighted by atomic mass is 9.64. The Labute approximate surface area is 495 Å². The van der Waals surface area contributed by atoms with Crippen LogP contribution in [0.4, 0.5) is 62.6 Å². The second-order valence-corrected chi connectivity index (χ2v) is 23.0. The van der Waals surface area contributed by atoms with Crippen molar-refractivity contribution in [2.24, 2.45) is 0 Å². The molecule has 5 nitrogen and oxygen atoms in total. The summed E-state index contributed by atoms with van der Waals surface area (Å²) in [4.78, 5) is 9.94. The maximum Gasteiger partial charge on any atom is 0.0755 e. The zero-order valence-corrected chi connectivity index (χ0v) is 46.9. The molecule has 2 aliphatic carbocycles. The monoisotopic (exact) mass is 1090 g/mol. The number of rotatable bonds is 9. The highest BCUT2D eigenvalue weighted by Gasteiger charge is 2.53. The predicted molar refractivity (Wildman–Crippen MR) is 354 cm³/mol. The van der Waals surface area contributed by atoms with Gasteiger partial charge in [0.2, 0.25) is 0 Å². The molecule has 4 aliphatic rings. The molecule has 0 saturated heterocycles. The molecule has 0 amide bonds. The van der Waals surface area contributed by atoms with Crippen LogP contribution < -0.4 is 19.6 Å². The van der Waals surface area contributed by atoms with Crippen LogP contribution in [0.3, 0.4) is 0 Å². The molecule has 0 radical (unpaired) electrons. The minimum atomic E-state index is -0.762. The van der Waals surface area contributed by atoms with E-state index >= 15 is 0 Å². The highest BCUT2D eigenvalue weighted by molar-refractivity contribution is 6.11. The van der Waals surface area contributed by atoms with E-state index in [-0.39, 0.29) is 11.5 Å². The molecular formula is C80H57N5. The number of nitrogens with zero attached hydrogens (tertiary/aromatic N) is 5. The van der Waals surface area contributed by atoms with Crippen molar-refractivity contribution in [2.75, 3.05) is 19.6 Å². The first-order valence-corrected chi connectivity index (χ1v) is 29.5. The number of hydrogen-bond acceptors (Lipinski definition) is 4. The molecule has 2 unspecified atom stereocenters. The van der Waals surface area contributed by atoms with Crippen molar-refractivity contribution in [3.63, 3.8) is 0 Å². The summed E-state index contributed by atoms with van der Waals surface area (Å²) >= 11 is 0. The van der Waals surface area contributed by atoms with Crippen molar-refractivity contribution in [3.8, 4) is 16.8 Å². The Balaban J connectivity index is 0.899. The van der Waals surface area contributed by atoms with E-state index < -0.39 is 5.41 Å². The van der Waals surface area contributed by atoms with Crippen LogP contribution in [0.2, 0.25) is 0 Å². The largest absolute Gasteiger partial charge is 0.331 e. The molecular weight excluding hydrogens is 1030 g/mol. The second-order valence-electron chi connectivity index (χ2n) is 23.0. The van der Waals surface area contributed by atoms with E-state index in [4.69, 9.17) is 0 Å². The smallest absolute Gasteiger partial charge is 0.0755 e. The minimum Gasteiger partial charge on any atom is -0.331 e. The Kier molecular flexibility index (Phi) is 11.0. The molecule has 2 atom stereocenters. The Morgan fingerprint density at radius 2 is 0.812 bits per heavy atom. The first-order chi connectivity index (χ1) is 42.1. The van der Waals surface area contributed by atoms with E-state index in [2.05, 4.69) is 353 Å². The van der Waals surface area contributed by atoms with Crippen LogP contribution in [0.1, 0.15) is 40.7 Å². The Bertz CT molecular complexity index is 4770. The molecule has 1 spiro atoms. The van der Waals surface area contributed by atoms with Crippen molar-refractivity contribution in [1.29, 1.82) is 0 Å². The highest BCUT2D eigenvalue weighted by atomic mass is 15.2. The number of fused-ring (bicyclic) bond motifs is 15. The van der Waals surface area contributed by atoms with E-state index in [1.807, 2.05) is 0 Å². The number of anilines is 11. The van der Waals surface area contributed by atoms with Gasteiger partial charge in [0.25, 0.3) is 0 Å². The predicted octanol–water partition coefficient (Wildman–Crippen LogP) is 21.0. The fourth-order valence-electron chi connectivity index (χ4n) is 15.0. The molecule has 17 rings (SSSR count). The Morgan fingerprint density at radius 1 is 0.341 bits per heavy atom. The maximum atomic E-state index is 2.53. The molecule has 2 aliphatic heterocycles. The van der Waals surface area contributed by atoms with Crippen LogP contribution in [0.5, 0.6) is 0 Å². The first-order valence-electron chi connectivity index (χ1n) is 29.5.